The highest BCUT2D eigenvalue weighted by molar-refractivity contribution is 6.22. The molecule has 0 saturated heterocycles. The summed E-state index contributed by atoms with van der Waals surface area (Å²) >= 11 is 0. The van der Waals surface area contributed by atoms with Gasteiger partial charge in [0, 0.05) is 23.2 Å². The van der Waals surface area contributed by atoms with Crippen molar-refractivity contribution in [3.63, 3.8) is 0 Å². The molecule has 0 fully saturated rings. The van der Waals surface area contributed by atoms with Crippen LogP contribution in [0.2, 0.25) is 0 Å². The summed E-state index contributed by atoms with van der Waals surface area (Å²) in [6, 6.07) is 20.6. The molecule has 1 aliphatic rings. The molecule has 3 aromatic carbocycles. The lowest BCUT2D eigenvalue weighted by molar-refractivity contribution is 0.102. The molecule has 0 saturated carbocycles. The van der Waals surface area contributed by atoms with Gasteiger partial charge in [0.15, 0.2) is 5.78 Å². The second kappa shape index (κ2) is 6.16. The SMILES string of the molecule is CCn1c(NC(=O)c2ccc3c(c2)C(=O)c2ccccc2-3)nc2ccccc21. The summed E-state index contributed by atoms with van der Waals surface area (Å²) in [5.74, 6) is 0.182. The smallest absolute Gasteiger partial charge is 0.257 e. The molecule has 1 aliphatic carbocycles. The fourth-order valence-corrected chi connectivity index (χ4v) is 3.83. The number of anilines is 1. The molecule has 0 bridgehead atoms. The Hall–Kier alpha value is -3.73. The molecule has 0 spiro atoms. The normalized spacial score (nSPS) is 12.1. The molecule has 0 unspecified atom stereocenters. The summed E-state index contributed by atoms with van der Waals surface area (Å²) in [6.07, 6.45) is 0. The van der Waals surface area contributed by atoms with Gasteiger partial charge in [0.1, 0.15) is 0 Å². The predicted molar refractivity (Wildman–Crippen MR) is 109 cm³/mol. The van der Waals surface area contributed by atoms with Gasteiger partial charge in [-0.25, -0.2) is 4.98 Å². The average Bonchev–Trinajstić information content (AvgIpc) is 3.23. The minimum atomic E-state index is -0.281. The Morgan fingerprint density at radius 1 is 0.929 bits per heavy atom. The van der Waals surface area contributed by atoms with Crippen LogP contribution in [-0.2, 0) is 6.54 Å². The maximum Gasteiger partial charge on any atom is 0.257 e. The van der Waals surface area contributed by atoms with Gasteiger partial charge in [0.25, 0.3) is 5.91 Å². The van der Waals surface area contributed by atoms with Crippen LogP contribution in [0.5, 0.6) is 0 Å². The maximum atomic E-state index is 12.9. The lowest BCUT2D eigenvalue weighted by atomic mass is 10.0. The van der Waals surface area contributed by atoms with Crippen molar-refractivity contribution >= 4 is 28.7 Å². The van der Waals surface area contributed by atoms with E-state index < -0.39 is 0 Å². The average molecular weight is 367 g/mol. The first kappa shape index (κ1) is 16.4. The first-order chi connectivity index (χ1) is 13.7. The fourth-order valence-electron chi connectivity index (χ4n) is 3.83. The molecule has 5 rings (SSSR count). The van der Waals surface area contributed by atoms with Crippen LogP contribution < -0.4 is 5.32 Å². The van der Waals surface area contributed by atoms with Gasteiger partial charge in [0.05, 0.1) is 11.0 Å². The highest BCUT2D eigenvalue weighted by atomic mass is 16.2. The number of rotatable bonds is 3. The number of amides is 1. The Morgan fingerprint density at radius 3 is 2.46 bits per heavy atom. The summed E-state index contributed by atoms with van der Waals surface area (Å²) in [5.41, 5.74) is 5.29. The lowest BCUT2D eigenvalue weighted by Crippen LogP contribution is -2.16. The van der Waals surface area contributed by atoms with Gasteiger partial charge in [-0.1, -0.05) is 42.5 Å². The minimum Gasteiger partial charge on any atom is -0.310 e. The number of nitrogens with zero attached hydrogens (tertiary/aromatic N) is 2. The van der Waals surface area contributed by atoms with Crippen LogP contribution in [0, 0.1) is 0 Å². The molecular weight excluding hydrogens is 350 g/mol. The number of carbonyl (C=O) groups excluding carboxylic acids is 2. The van der Waals surface area contributed by atoms with Crippen molar-refractivity contribution in [3.05, 3.63) is 83.4 Å². The molecule has 1 aromatic heterocycles. The minimum absolute atomic E-state index is 0.0407. The first-order valence-electron chi connectivity index (χ1n) is 9.22. The van der Waals surface area contributed by atoms with E-state index in [1.54, 1.807) is 12.1 Å². The topological polar surface area (TPSA) is 64.0 Å². The summed E-state index contributed by atoms with van der Waals surface area (Å²) < 4.78 is 1.96. The number of aromatic nitrogens is 2. The van der Waals surface area contributed by atoms with Crippen LogP contribution in [0.1, 0.15) is 33.2 Å². The van der Waals surface area contributed by atoms with Crippen molar-refractivity contribution in [2.24, 2.45) is 0 Å². The number of imidazole rings is 1. The van der Waals surface area contributed by atoms with Crippen molar-refractivity contribution < 1.29 is 9.59 Å². The zero-order valence-corrected chi connectivity index (χ0v) is 15.3. The highest BCUT2D eigenvalue weighted by Crippen LogP contribution is 2.36. The third-order valence-corrected chi connectivity index (χ3v) is 5.18. The molecule has 4 aromatic rings. The molecule has 1 amide bonds. The summed E-state index contributed by atoms with van der Waals surface area (Å²) in [7, 11) is 0. The molecule has 1 N–H and O–H groups in total. The van der Waals surface area contributed by atoms with Crippen LogP contribution in [0.3, 0.4) is 0 Å². The van der Waals surface area contributed by atoms with Crippen LogP contribution in [0.4, 0.5) is 5.95 Å². The quantitative estimate of drug-likeness (QED) is 0.510. The number of para-hydroxylation sites is 2. The Bertz CT molecular complexity index is 1270. The van der Waals surface area contributed by atoms with E-state index in [9.17, 15) is 9.59 Å². The number of hydrogen-bond acceptors (Lipinski definition) is 3. The molecule has 0 aliphatic heterocycles. The number of aryl methyl sites for hydroxylation is 1. The largest absolute Gasteiger partial charge is 0.310 e. The Kier molecular flexibility index (Phi) is 3.62. The van der Waals surface area contributed by atoms with Gasteiger partial charge in [-0.15, -0.1) is 0 Å². The molecule has 5 heteroatoms. The van der Waals surface area contributed by atoms with Crippen molar-refractivity contribution in [1.29, 1.82) is 0 Å². The number of hydrogen-bond donors (Lipinski definition) is 1. The van der Waals surface area contributed by atoms with Gasteiger partial charge in [-0.3, -0.25) is 14.9 Å². The Balaban J connectivity index is 1.50. The van der Waals surface area contributed by atoms with Crippen molar-refractivity contribution in [3.8, 4) is 11.1 Å². The monoisotopic (exact) mass is 367 g/mol. The molecule has 136 valence electrons. The van der Waals surface area contributed by atoms with E-state index in [0.29, 0.717) is 29.2 Å². The van der Waals surface area contributed by atoms with Crippen molar-refractivity contribution in [2.45, 2.75) is 13.5 Å². The van der Waals surface area contributed by atoms with Gasteiger partial charge in [-0.2, -0.15) is 0 Å². The summed E-state index contributed by atoms with van der Waals surface area (Å²) in [4.78, 5) is 30.1. The third kappa shape index (κ3) is 2.36. The van der Waals surface area contributed by atoms with Crippen LogP contribution in [0.15, 0.2) is 66.7 Å². The Morgan fingerprint density at radius 2 is 1.64 bits per heavy atom. The summed E-state index contributed by atoms with van der Waals surface area (Å²) in [5, 5.41) is 2.90. The van der Waals surface area contributed by atoms with Gasteiger partial charge >= 0.3 is 0 Å². The van der Waals surface area contributed by atoms with E-state index in [1.807, 2.05) is 66.1 Å². The maximum absolute atomic E-state index is 12.9. The molecule has 5 nitrogen and oxygen atoms in total. The molecule has 1 heterocycles. The van der Waals surface area contributed by atoms with E-state index in [0.717, 1.165) is 22.2 Å². The lowest BCUT2D eigenvalue weighted by Gasteiger charge is -2.08. The van der Waals surface area contributed by atoms with E-state index in [-0.39, 0.29) is 11.7 Å². The third-order valence-electron chi connectivity index (χ3n) is 5.18. The second-order valence-corrected chi connectivity index (χ2v) is 6.76. The first-order valence-corrected chi connectivity index (χ1v) is 9.22. The van der Waals surface area contributed by atoms with E-state index in [1.165, 1.54) is 0 Å². The van der Waals surface area contributed by atoms with Crippen LogP contribution in [-0.4, -0.2) is 21.2 Å². The molecular formula is C23H17N3O2. The molecule has 0 atom stereocenters. The van der Waals surface area contributed by atoms with Gasteiger partial charge in [-0.05, 0) is 42.3 Å². The number of carbonyl (C=O) groups is 2. The molecule has 0 radical (unpaired) electrons. The Labute approximate surface area is 161 Å². The zero-order valence-electron chi connectivity index (χ0n) is 15.3. The van der Waals surface area contributed by atoms with Crippen LogP contribution in [0.25, 0.3) is 22.2 Å². The van der Waals surface area contributed by atoms with Crippen LogP contribution >= 0.6 is 0 Å². The number of benzene rings is 3. The number of fused-ring (bicyclic) bond motifs is 4. The predicted octanol–water partition coefficient (Wildman–Crippen LogP) is 4.52. The van der Waals surface area contributed by atoms with Crippen molar-refractivity contribution in [1.82, 2.24) is 9.55 Å². The summed E-state index contributed by atoms with van der Waals surface area (Å²) in [6.45, 7) is 2.70. The zero-order chi connectivity index (χ0) is 19.3. The number of ketones is 1. The van der Waals surface area contributed by atoms with Crippen molar-refractivity contribution in [2.75, 3.05) is 5.32 Å². The second-order valence-electron chi connectivity index (χ2n) is 6.76. The molecule has 28 heavy (non-hydrogen) atoms. The van der Waals surface area contributed by atoms with E-state index >= 15 is 0 Å². The van der Waals surface area contributed by atoms with Gasteiger partial charge in [0.2, 0.25) is 5.95 Å². The number of nitrogens with one attached hydrogen (secondary N) is 1. The van der Waals surface area contributed by atoms with E-state index in [2.05, 4.69) is 10.3 Å². The fraction of sp³-hybridized carbons (Fsp3) is 0.0870. The van der Waals surface area contributed by atoms with Gasteiger partial charge < -0.3 is 4.57 Å². The van der Waals surface area contributed by atoms with E-state index in [4.69, 9.17) is 0 Å². The highest BCUT2D eigenvalue weighted by Gasteiger charge is 2.27. The standard InChI is InChI=1S/C23H17N3O2/c1-2-26-20-10-6-5-9-19(20)24-23(26)25-22(28)14-11-12-16-15-7-3-4-8-17(15)21(27)18(16)13-14/h3-13H,2H2,1H3,(H,24,25,28).